The zero-order chi connectivity index (χ0) is 11.7. The average molecular weight is 227 g/mol. The molecule has 2 heteroatoms. The predicted octanol–water partition coefficient (Wildman–Crippen LogP) is 2.96. The van der Waals surface area contributed by atoms with Crippen LogP contribution in [-0.2, 0) is 0 Å². The summed E-state index contributed by atoms with van der Waals surface area (Å²) in [5.74, 6) is 1.61. The fourth-order valence-corrected chi connectivity index (χ4v) is 2.11. The Morgan fingerprint density at radius 2 is 1.88 bits per heavy atom. The highest BCUT2D eigenvalue weighted by atomic mass is 16.5. The van der Waals surface area contributed by atoms with E-state index in [0.717, 1.165) is 5.75 Å². The number of rotatable bonds is 4. The van der Waals surface area contributed by atoms with E-state index in [4.69, 9.17) is 10.5 Å². The van der Waals surface area contributed by atoms with E-state index in [1.165, 1.54) is 23.6 Å². The van der Waals surface area contributed by atoms with Crippen LogP contribution in [-0.4, -0.2) is 12.6 Å². The zero-order valence-electron chi connectivity index (χ0n) is 9.80. The van der Waals surface area contributed by atoms with E-state index in [1.807, 2.05) is 18.2 Å². The van der Waals surface area contributed by atoms with Gasteiger partial charge in [0.1, 0.15) is 12.4 Å². The lowest BCUT2D eigenvalue weighted by Gasteiger charge is -2.12. The minimum absolute atomic E-state index is 0.196. The fourth-order valence-electron chi connectivity index (χ4n) is 2.11. The first-order chi connectivity index (χ1) is 8.33. The van der Waals surface area contributed by atoms with Crippen molar-refractivity contribution < 1.29 is 4.74 Å². The van der Waals surface area contributed by atoms with Gasteiger partial charge in [0.25, 0.3) is 0 Å². The molecule has 1 saturated carbocycles. The third-order valence-corrected chi connectivity index (χ3v) is 3.39. The fraction of sp³-hybridized carbons (Fsp3) is 0.333. The van der Waals surface area contributed by atoms with Crippen molar-refractivity contribution in [3.05, 3.63) is 42.5 Å². The molecule has 2 aromatic carbocycles. The molecule has 1 aliphatic carbocycles. The highest BCUT2D eigenvalue weighted by molar-refractivity contribution is 5.83. The second kappa shape index (κ2) is 4.38. The summed E-state index contributed by atoms with van der Waals surface area (Å²) in [7, 11) is 0. The summed E-state index contributed by atoms with van der Waals surface area (Å²) in [6.07, 6.45) is 2.53. The Labute approximate surface area is 101 Å². The smallest absolute Gasteiger partial charge is 0.120 e. The Kier molecular flexibility index (Phi) is 2.73. The molecule has 0 bridgehead atoms. The van der Waals surface area contributed by atoms with Crippen LogP contribution >= 0.6 is 0 Å². The standard InChI is InChI=1S/C15H17NO/c16-15(12-5-6-12)10-17-14-8-7-11-3-1-2-4-13(11)9-14/h1-4,7-9,12,15H,5-6,10,16H2/t15-/m1/s1. The third-order valence-electron chi connectivity index (χ3n) is 3.39. The molecule has 3 rings (SSSR count). The lowest BCUT2D eigenvalue weighted by Crippen LogP contribution is -2.29. The van der Waals surface area contributed by atoms with Crippen LogP contribution in [0.5, 0.6) is 5.75 Å². The Hall–Kier alpha value is -1.54. The summed E-state index contributed by atoms with van der Waals surface area (Å²) in [4.78, 5) is 0. The molecule has 1 aliphatic rings. The summed E-state index contributed by atoms with van der Waals surface area (Å²) < 4.78 is 5.75. The van der Waals surface area contributed by atoms with Gasteiger partial charge in [0.05, 0.1) is 0 Å². The van der Waals surface area contributed by atoms with E-state index >= 15 is 0 Å². The number of fused-ring (bicyclic) bond motifs is 1. The van der Waals surface area contributed by atoms with Gasteiger partial charge in [0, 0.05) is 6.04 Å². The maximum Gasteiger partial charge on any atom is 0.120 e. The van der Waals surface area contributed by atoms with Gasteiger partial charge in [-0.25, -0.2) is 0 Å². The van der Waals surface area contributed by atoms with Crippen LogP contribution in [0, 0.1) is 5.92 Å². The first-order valence-electron chi connectivity index (χ1n) is 6.20. The van der Waals surface area contributed by atoms with Crippen LogP contribution in [0.15, 0.2) is 42.5 Å². The Morgan fingerprint density at radius 3 is 2.65 bits per heavy atom. The van der Waals surface area contributed by atoms with E-state index < -0.39 is 0 Å². The number of nitrogens with two attached hydrogens (primary N) is 1. The Bertz CT molecular complexity index is 519. The lowest BCUT2D eigenvalue weighted by molar-refractivity contribution is 0.276. The Balaban J connectivity index is 1.71. The minimum Gasteiger partial charge on any atom is -0.492 e. The van der Waals surface area contributed by atoms with E-state index in [9.17, 15) is 0 Å². The van der Waals surface area contributed by atoms with Gasteiger partial charge in [-0.05, 0) is 41.7 Å². The Morgan fingerprint density at radius 1 is 1.12 bits per heavy atom. The van der Waals surface area contributed by atoms with Gasteiger partial charge in [-0.15, -0.1) is 0 Å². The van der Waals surface area contributed by atoms with Crippen molar-refractivity contribution in [3.8, 4) is 5.75 Å². The van der Waals surface area contributed by atoms with E-state index in [-0.39, 0.29) is 6.04 Å². The largest absolute Gasteiger partial charge is 0.492 e. The molecule has 0 saturated heterocycles. The molecule has 1 atom stereocenters. The van der Waals surface area contributed by atoms with Crippen LogP contribution in [0.4, 0.5) is 0 Å². The second-order valence-electron chi connectivity index (χ2n) is 4.82. The number of hydrogen-bond acceptors (Lipinski definition) is 2. The molecular weight excluding hydrogens is 210 g/mol. The summed E-state index contributed by atoms with van der Waals surface area (Å²) in [5.41, 5.74) is 6.01. The molecule has 0 radical (unpaired) electrons. The van der Waals surface area contributed by atoms with Gasteiger partial charge in [0.15, 0.2) is 0 Å². The monoisotopic (exact) mass is 227 g/mol. The van der Waals surface area contributed by atoms with E-state index in [0.29, 0.717) is 12.5 Å². The molecular formula is C15H17NO. The maximum atomic E-state index is 6.01. The van der Waals surface area contributed by atoms with Crippen molar-refractivity contribution in [2.45, 2.75) is 18.9 Å². The first-order valence-corrected chi connectivity index (χ1v) is 6.20. The molecule has 0 aromatic heterocycles. The molecule has 88 valence electrons. The molecule has 0 aliphatic heterocycles. The van der Waals surface area contributed by atoms with Gasteiger partial charge in [-0.1, -0.05) is 30.3 Å². The summed E-state index contributed by atoms with van der Waals surface area (Å²) in [5, 5.41) is 2.45. The van der Waals surface area contributed by atoms with Gasteiger partial charge in [-0.3, -0.25) is 0 Å². The maximum absolute atomic E-state index is 6.01. The topological polar surface area (TPSA) is 35.2 Å². The van der Waals surface area contributed by atoms with Gasteiger partial charge < -0.3 is 10.5 Å². The van der Waals surface area contributed by atoms with Gasteiger partial charge in [0.2, 0.25) is 0 Å². The van der Waals surface area contributed by atoms with Crippen molar-refractivity contribution in [3.63, 3.8) is 0 Å². The van der Waals surface area contributed by atoms with Gasteiger partial charge >= 0.3 is 0 Å². The SMILES string of the molecule is N[C@H](COc1ccc2ccccc2c1)C1CC1. The number of ether oxygens (including phenoxy) is 1. The molecule has 2 nitrogen and oxygen atoms in total. The zero-order valence-corrected chi connectivity index (χ0v) is 9.80. The molecule has 17 heavy (non-hydrogen) atoms. The van der Waals surface area contributed by atoms with Crippen LogP contribution in [0.3, 0.4) is 0 Å². The summed E-state index contributed by atoms with van der Waals surface area (Å²) >= 11 is 0. The second-order valence-corrected chi connectivity index (χ2v) is 4.82. The third kappa shape index (κ3) is 2.42. The summed E-state index contributed by atoms with van der Waals surface area (Å²) in [6.45, 7) is 0.628. The normalized spacial score (nSPS) is 17.0. The molecule has 0 spiro atoms. The van der Waals surface area contributed by atoms with Crippen LogP contribution < -0.4 is 10.5 Å². The average Bonchev–Trinajstić information content (AvgIpc) is 3.20. The van der Waals surface area contributed by atoms with E-state index in [1.54, 1.807) is 0 Å². The molecule has 2 aromatic rings. The van der Waals surface area contributed by atoms with E-state index in [2.05, 4.69) is 24.3 Å². The molecule has 2 N–H and O–H groups in total. The van der Waals surface area contributed by atoms with Crippen molar-refractivity contribution in [1.29, 1.82) is 0 Å². The summed E-state index contributed by atoms with van der Waals surface area (Å²) in [6, 6.07) is 14.7. The molecule has 0 heterocycles. The quantitative estimate of drug-likeness (QED) is 0.871. The first kappa shape index (κ1) is 10.6. The molecule has 0 unspecified atom stereocenters. The van der Waals surface area contributed by atoms with Crippen molar-refractivity contribution in [2.75, 3.05) is 6.61 Å². The van der Waals surface area contributed by atoms with Crippen molar-refractivity contribution in [1.82, 2.24) is 0 Å². The van der Waals surface area contributed by atoms with Crippen LogP contribution in [0.1, 0.15) is 12.8 Å². The van der Waals surface area contributed by atoms with Crippen molar-refractivity contribution >= 4 is 10.8 Å². The van der Waals surface area contributed by atoms with Crippen molar-refractivity contribution in [2.24, 2.45) is 11.7 Å². The lowest BCUT2D eigenvalue weighted by atomic mass is 10.1. The predicted molar refractivity (Wildman–Crippen MR) is 70.1 cm³/mol. The molecule has 1 fully saturated rings. The van der Waals surface area contributed by atoms with Gasteiger partial charge in [-0.2, -0.15) is 0 Å². The highest BCUT2D eigenvalue weighted by Gasteiger charge is 2.28. The minimum atomic E-state index is 0.196. The number of benzene rings is 2. The van der Waals surface area contributed by atoms with Crippen LogP contribution in [0.2, 0.25) is 0 Å². The highest BCUT2D eigenvalue weighted by Crippen LogP contribution is 2.31. The van der Waals surface area contributed by atoms with Crippen LogP contribution in [0.25, 0.3) is 10.8 Å². The molecule has 0 amide bonds. The number of hydrogen-bond donors (Lipinski definition) is 1.